The van der Waals surface area contributed by atoms with E-state index in [9.17, 15) is 0 Å². The van der Waals surface area contributed by atoms with Crippen LogP contribution in [-0.4, -0.2) is 49.8 Å². The predicted octanol–water partition coefficient (Wildman–Crippen LogP) is 3.91. The van der Waals surface area contributed by atoms with Crippen molar-refractivity contribution < 1.29 is 4.74 Å². The number of nitrogens with zero attached hydrogens (tertiary/aromatic N) is 2. The molecule has 2 aromatic carbocycles. The lowest BCUT2D eigenvalue weighted by Gasteiger charge is -2.36. The molecule has 1 fully saturated rings. The monoisotopic (exact) mass is 381 g/mol. The Balaban J connectivity index is 1.55. The zero-order valence-corrected chi connectivity index (χ0v) is 17.8. The van der Waals surface area contributed by atoms with Gasteiger partial charge in [-0.25, -0.2) is 0 Å². The maximum Gasteiger partial charge on any atom is 0.0772 e. The largest absolute Gasteiger partial charge is 0.377 e. The van der Waals surface area contributed by atoms with Crippen molar-refractivity contribution in [2.24, 2.45) is 0 Å². The van der Waals surface area contributed by atoms with E-state index in [2.05, 4.69) is 90.5 Å². The van der Waals surface area contributed by atoms with E-state index in [4.69, 9.17) is 4.74 Å². The van der Waals surface area contributed by atoms with Crippen LogP contribution in [0.25, 0.3) is 0 Å². The van der Waals surface area contributed by atoms with Crippen molar-refractivity contribution in [3.63, 3.8) is 0 Å². The van der Waals surface area contributed by atoms with Gasteiger partial charge in [-0.1, -0.05) is 42.5 Å². The molecule has 4 heteroatoms. The van der Waals surface area contributed by atoms with E-state index in [-0.39, 0.29) is 11.6 Å². The number of rotatable bonds is 8. The molecule has 1 atom stereocenters. The third kappa shape index (κ3) is 5.34. The topological polar surface area (TPSA) is 27.7 Å². The van der Waals surface area contributed by atoms with Crippen LogP contribution in [0, 0.1) is 0 Å². The Kier molecular flexibility index (Phi) is 7.11. The summed E-state index contributed by atoms with van der Waals surface area (Å²) in [6.45, 7) is 12.7. The molecule has 152 valence electrons. The third-order valence-electron chi connectivity index (χ3n) is 6.17. The molecule has 1 N–H and O–H groups in total. The van der Waals surface area contributed by atoms with Crippen LogP contribution in [-0.2, 0) is 17.8 Å². The summed E-state index contributed by atoms with van der Waals surface area (Å²) in [6.07, 6.45) is 0. The van der Waals surface area contributed by atoms with E-state index < -0.39 is 0 Å². The van der Waals surface area contributed by atoms with Gasteiger partial charge in [-0.2, -0.15) is 0 Å². The average Bonchev–Trinajstić information content (AvgIpc) is 2.74. The molecule has 0 spiro atoms. The van der Waals surface area contributed by atoms with Gasteiger partial charge in [0.15, 0.2) is 0 Å². The molecule has 1 aliphatic rings. The number of benzene rings is 2. The second-order valence-corrected chi connectivity index (χ2v) is 8.28. The molecule has 1 heterocycles. The highest BCUT2D eigenvalue weighted by Crippen LogP contribution is 2.19. The van der Waals surface area contributed by atoms with Crippen LogP contribution in [0.4, 0.5) is 5.69 Å². The summed E-state index contributed by atoms with van der Waals surface area (Å²) in [5.41, 5.74) is 3.96. The van der Waals surface area contributed by atoms with Crippen molar-refractivity contribution in [2.75, 3.05) is 38.2 Å². The van der Waals surface area contributed by atoms with Gasteiger partial charge in [0.2, 0.25) is 0 Å². The fourth-order valence-electron chi connectivity index (χ4n) is 3.61. The van der Waals surface area contributed by atoms with Gasteiger partial charge in [-0.15, -0.1) is 0 Å². The summed E-state index contributed by atoms with van der Waals surface area (Å²) in [4.78, 5) is 5.05. The lowest BCUT2D eigenvalue weighted by atomic mass is 9.99. The minimum Gasteiger partial charge on any atom is -0.377 e. The summed E-state index contributed by atoms with van der Waals surface area (Å²) in [5, 5.41) is 3.64. The molecular formula is C24H35N3O. The second kappa shape index (κ2) is 9.55. The minimum atomic E-state index is -0.178. The molecular weight excluding hydrogens is 346 g/mol. The number of anilines is 1. The number of para-hydroxylation sites is 1. The maximum atomic E-state index is 5.61. The quantitative estimate of drug-likeness (QED) is 0.750. The van der Waals surface area contributed by atoms with E-state index in [1.807, 2.05) is 0 Å². The van der Waals surface area contributed by atoms with Gasteiger partial charge in [-0.05, 0) is 44.0 Å². The van der Waals surface area contributed by atoms with Gasteiger partial charge in [0.05, 0.1) is 5.60 Å². The standard InChI is InChI=1S/C24H35N3O/c1-20(24(2,3)28-4)25-18-21-10-8-9-11-22(21)19-26-14-16-27(17-15-26)23-12-6-5-7-13-23/h5-13,20,25H,14-19H2,1-4H3. The van der Waals surface area contributed by atoms with Gasteiger partial charge in [0.1, 0.15) is 0 Å². The number of methoxy groups -OCH3 is 1. The Bertz CT molecular complexity index is 724. The highest BCUT2D eigenvalue weighted by molar-refractivity contribution is 5.46. The summed E-state index contributed by atoms with van der Waals surface area (Å²) < 4.78 is 5.61. The summed E-state index contributed by atoms with van der Waals surface area (Å²) in [6, 6.07) is 19.8. The highest BCUT2D eigenvalue weighted by atomic mass is 16.5. The molecule has 1 unspecified atom stereocenters. The minimum absolute atomic E-state index is 0.178. The first-order chi connectivity index (χ1) is 13.5. The number of nitrogens with one attached hydrogen (secondary N) is 1. The van der Waals surface area contributed by atoms with E-state index in [1.54, 1.807) is 7.11 Å². The van der Waals surface area contributed by atoms with Crippen LogP contribution < -0.4 is 10.2 Å². The van der Waals surface area contributed by atoms with E-state index in [0.29, 0.717) is 0 Å². The first-order valence-electron chi connectivity index (χ1n) is 10.4. The highest BCUT2D eigenvalue weighted by Gasteiger charge is 2.25. The third-order valence-corrected chi connectivity index (χ3v) is 6.17. The zero-order valence-electron chi connectivity index (χ0n) is 17.8. The Hall–Kier alpha value is -1.88. The first kappa shape index (κ1) is 20.8. The van der Waals surface area contributed by atoms with Crippen molar-refractivity contribution in [2.45, 2.75) is 45.5 Å². The van der Waals surface area contributed by atoms with Gasteiger partial charge < -0.3 is 15.0 Å². The lowest BCUT2D eigenvalue weighted by molar-refractivity contribution is -0.00547. The SMILES string of the molecule is COC(C)(C)C(C)NCc1ccccc1CN1CCN(c2ccccc2)CC1. The predicted molar refractivity (Wildman–Crippen MR) is 118 cm³/mol. The maximum absolute atomic E-state index is 5.61. The van der Waals surface area contributed by atoms with Crippen LogP contribution >= 0.6 is 0 Å². The van der Waals surface area contributed by atoms with Crippen molar-refractivity contribution in [1.82, 2.24) is 10.2 Å². The molecule has 0 bridgehead atoms. The Labute approximate surface area is 170 Å². The number of piperazine rings is 1. The molecule has 0 aliphatic carbocycles. The Morgan fingerprint density at radius 1 is 0.929 bits per heavy atom. The molecule has 3 rings (SSSR count). The number of hydrogen-bond donors (Lipinski definition) is 1. The zero-order chi connectivity index (χ0) is 20.0. The van der Waals surface area contributed by atoms with Crippen LogP contribution in [0.1, 0.15) is 31.9 Å². The molecule has 1 aliphatic heterocycles. The second-order valence-electron chi connectivity index (χ2n) is 8.28. The van der Waals surface area contributed by atoms with Crippen molar-refractivity contribution in [3.05, 3.63) is 65.7 Å². The van der Waals surface area contributed by atoms with Crippen molar-refractivity contribution >= 4 is 5.69 Å². The van der Waals surface area contributed by atoms with Crippen molar-refractivity contribution in [3.8, 4) is 0 Å². The summed E-state index contributed by atoms with van der Waals surface area (Å²) in [7, 11) is 1.78. The van der Waals surface area contributed by atoms with Crippen LogP contribution in [0.5, 0.6) is 0 Å². The van der Waals surface area contributed by atoms with Crippen LogP contribution in [0.3, 0.4) is 0 Å². The van der Waals surface area contributed by atoms with Gasteiger partial charge in [0.25, 0.3) is 0 Å². The lowest BCUT2D eigenvalue weighted by Crippen LogP contribution is -2.46. The molecule has 1 saturated heterocycles. The van der Waals surface area contributed by atoms with E-state index >= 15 is 0 Å². The molecule has 0 saturated carbocycles. The Morgan fingerprint density at radius 2 is 1.54 bits per heavy atom. The van der Waals surface area contributed by atoms with Crippen LogP contribution in [0.15, 0.2) is 54.6 Å². The number of ether oxygens (including phenoxy) is 1. The molecule has 0 radical (unpaired) electrons. The summed E-state index contributed by atoms with van der Waals surface area (Å²) >= 11 is 0. The van der Waals surface area contributed by atoms with E-state index in [0.717, 1.165) is 39.3 Å². The average molecular weight is 382 g/mol. The molecule has 0 amide bonds. The molecule has 28 heavy (non-hydrogen) atoms. The van der Waals surface area contributed by atoms with E-state index in [1.165, 1.54) is 16.8 Å². The molecule has 0 aromatic heterocycles. The molecule has 4 nitrogen and oxygen atoms in total. The summed E-state index contributed by atoms with van der Waals surface area (Å²) in [5.74, 6) is 0. The smallest absolute Gasteiger partial charge is 0.0772 e. The Morgan fingerprint density at radius 3 is 2.18 bits per heavy atom. The van der Waals surface area contributed by atoms with Crippen LogP contribution in [0.2, 0.25) is 0 Å². The normalized spacial score (nSPS) is 16.9. The van der Waals surface area contributed by atoms with Gasteiger partial charge >= 0.3 is 0 Å². The van der Waals surface area contributed by atoms with Gasteiger partial charge in [0, 0.05) is 58.1 Å². The fraction of sp³-hybridized carbons (Fsp3) is 0.500. The van der Waals surface area contributed by atoms with Crippen molar-refractivity contribution in [1.29, 1.82) is 0 Å². The molecule has 2 aromatic rings. The fourth-order valence-corrected chi connectivity index (χ4v) is 3.61. The van der Waals surface area contributed by atoms with Gasteiger partial charge in [-0.3, -0.25) is 4.90 Å². The first-order valence-corrected chi connectivity index (χ1v) is 10.4. The number of hydrogen-bond acceptors (Lipinski definition) is 4.